The van der Waals surface area contributed by atoms with Crippen molar-refractivity contribution in [1.29, 1.82) is 0 Å². The molecule has 1 aromatic heterocycles. The van der Waals surface area contributed by atoms with E-state index in [4.69, 9.17) is 0 Å². The SMILES string of the molecule is CN(C)CCN1CCCC(C(=O)Nc2nc(-c3ccc(F)cc3)cs2)C1. The van der Waals surface area contributed by atoms with E-state index in [2.05, 4.69) is 34.2 Å². The van der Waals surface area contributed by atoms with Gasteiger partial charge < -0.3 is 15.1 Å². The van der Waals surface area contributed by atoms with Crippen LogP contribution >= 0.6 is 11.3 Å². The highest BCUT2D eigenvalue weighted by Crippen LogP contribution is 2.26. The van der Waals surface area contributed by atoms with Gasteiger partial charge in [-0.05, 0) is 57.7 Å². The fourth-order valence-corrected chi connectivity index (χ4v) is 3.83. The van der Waals surface area contributed by atoms with E-state index in [1.807, 2.05) is 5.38 Å². The molecule has 1 aromatic carbocycles. The monoisotopic (exact) mass is 376 g/mol. The lowest BCUT2D eigenvalue weighted by Crippen LogP contribution is -2.43. The molecule has 0 saturated carbocycles. The number of aromatic nitrogens is 1. The van der Waals surface area contributed by atoms with Crippen LogP contribution in [0.15, 0.2) is 29.6 Å². The average Bonchev–Trinajstić information content (AvgIpc) is 3.09. The maximum absolute atomic E-state index is 13.0. The first-order valence-electron chi connectivity index (χ1n) is 8.90. The van der Waals surface area contributed by atoms with Crippen molar-refractivity contribution in [1.82, 2.24) is 14.8 Å². The molecule has 2 heterocycles. The van der Waals surface area contributed by atoms with Crippen molar-refractivity contribution < 1.29 is 9.18 Å². The van der Waals surface area contributed by atoms with Crippen LogP contribution in [0.2, 0.25) is 0 Å². The summed E-state index contributed by atoms with van der Waals surface area (Å²) in [6, 6.07) is 6.22. The summed E-state index contributed by atoms with van der Waals surface area (Å²) in [6.45, 7) is 3.85. The molecule has 1 N–H and O–H groups in total. The van der Waals surface area contributed by atoms with E-state index < -0.39 is 0 Å². The zero-order chi connectivity index (χ0) is 18.5. The Morgan fingerprint density at radius 3 is 2.88 bits per heavy atom. The predicted octanol–water partition coefficient (Wildman–Crippen LogP) is 3.16. The summed E-state index contributed by atoms with van der Waals surface area (Å²) in [4.78, 5) is 21.6. The van der Waals surface area contributed by atoms with Gasteiger partial charge in [0.15, 0.2) is 5.13 Å². The first-order chi connectivity index (χ1) is 12.5. The molecule has 7 heteroatoms. The molecular weight excluding hydrogens is 351 g/mol. The fourth-order valence-electron chi connectivity index (χ4n) is 3.11. The average molecular weight is 377 g/mol. The van der Waals surface area contributed by atoms with Gasteiger partial charge in [-0.3, -0.25) is 4.79 Å². The van der Waals surface area contributed by atoms with Crippen molar-refractivity contribution in [2.75, 3.05) is 45.6 Å². The Labute approximate surface area is 157 Å². The summed E-state index contributed by atoms with van der Waals surface area (Å²) in [5.74, 6) is -0.225. The second kappa shape index (κ2) is 8.70. The normalized spacial score (nSPS) is 18.2. The van der Waals surface area contributed by atoms with Gasteiger partial charge in [0.25, 0.3) is 0 Å². The lowest BCUT2D eigenvalue weighted by Gasteiger charge is -2.32. The lowest BCUT2D eigenvalue weighted by molar-refractivity contribution is -0.121. The van der Waals surface area contributed by atoms with Crippen molar-refractivity contribution in [2.24, 2.45) is 5.92 Å². The number of carbonyl (C=O) groups excluding carboxylic acids is 1. The van der Waals surface area contributed by atoms with Crippen LogP contribution in [0.3, 0.4) is 0 Å². The minimum atomic E-state index is -0.270. The van der Waals surface area contributed by atoms with Crippen LogP contribution in [0.1, 0.15) is 12.8 Å². The number of amides is 1. The Morgan fingerprint density at radius 1 is 1.38 bits per heavy atom. The van der Waals surface area contributed by atoms with Gasteiger partial charge in [0.1, 0.15) is 5.82 Å². The van der Waals surface area contributed by atoms with Crippen LogP contribution in [-0.4, -0.2) is 61.0 Å². The number of likely N-dealkylation sites (N-methyl/N-ethyl adjacent to an activating group) is 1. The maximum Gasteiger partial charge on any atom is 0.230 e. The second-order valence-corrected chi connectivity index (χ2v) is 7.84. The van der Waals surface area contributed by atoms with Crippen molar-refractivity contribution in [3.8, 4) is 11.3 Å². The van der Waals surface area contributed by atoms with Crippen LogP contribution in [0, 0.1) is 11.7 Å². The third-order valence-corrected chi connectivity index (χ3v) is 5.37. The van der Waals surface area contributed by atoms with Crippen molar-refractivity contribution >= 4 is 22.4 Å². The number of thiazole rings is 1. The largest absolute Gasteiger partial charge is 0.308 e. The van der Waals surface area contributed by atoms with Crippen LogP contribution in [0.25, 0.3) is 11.3 Å². The number of anilines is 1. The topological polar surface area (TPSA) is 48.5 Å². The Bertz CT molecular complexity index is 731. The highest BCUT2D eigenvalue weighted by atomic mass is 32.1. The van der Waals surface area contributed by atoms with Gasteiger partial charge in [-0.15, -0.1) is 11.3 Å². The van der Waals surface area contributed by atoms with Gasteiger partial charge in [0, 0.05) is 30.6 Å². The first kappa shape index (κ1) is 18.9. The van der Waals surface area contributed by atoms with Crippen molar-refractivity contribution in [3.05, 3.63) is 35.5 Å². The smallest absolute Gasteiger partial charge is 0.230 e. The molecule has 1 atom stereocenters. The molecule has 1 fully saturated rings. The highest BCUT2D eigenvalue weighted by molar-refractivity contribution is 7.14. The van der Waals surface area contributed by atoms with E-state index in [9.17, 15) is 9.18 Å². The minimum Gasteiger partial charge on any atom is -0.308 e. The molecule has 5 nitrogen and oxygen atoms in total. The molecule has 1 amide bonds. The van der Waals surface area contributed by atoms with Crippen LogP contribution in [0.4, 0.5) is 9.52 Å². The van der Waals surface area contributed by atoms with Crippen molar-refractivity contribution in [3.63, 3.8) is 0 Å². The molecule has 1 saturated heterocycles. The van der Waals surface area contributed by atoms with Gasteiger partial charge in [0.2, 0.25) is 5.91 Å². The van der Waals surface area contributed by atoms with E-state index in [1.165, 1.54) is 23.5 Å². The van der Waals surface area contributed by atoms with E-state index in [1.54, 1.807) is 12.1 Å². The number of rotatable bonds is 6. The Hall–Kier alpha value is -1.83. The number of nitrogens with zero attached hydrogens (tertiary/aromatic N) is 3. The molecule has 3 rings (SSSR count). The Kier molecular flexibility index (Phi) is 6.34. The van der Waals surface area contributed by atoms with E-state index in [0.29, 0.717) is 5.13 Å². The molecule has 1 unspecified atom stereocenters. The second-order valence-electron chi connectivity index (χ2n) is 6.98. The van der Waals surface area contributed by atoms with Gasteiger partial charge in [-0.1, -0.05) is 0 Å². The number of hydrogen-bond donors (Lipinski definition) is 1. The highest BCUT2D eigenvalue weighted by Gasteiger charge is 2.26. The zero-order valence-electron chi connectivity index (χ0n) is 15.2. The summed E-state index contributed by atoms with van der Waals surface area (Å²) in [5.41, 5.74) is 1.59. The van der Waals surface area contributed by atoms with Crippen LogP contribution in [0.5, 0.6) is 0 Å². The summed E-state index contributed by atoms with van der Waals surface area (Å²) < 4.78 is 13.0. The molecule has 0 bridgehead atoms. The van der Waals surface area contributed by atoms with E-state index >= 15 is 0 Å². The molecule has 1 aliphatic heterocycles. The molecule has 0 aliphatic carbocycles. The zero-order valence-corrected chi connectivity index (χ0v) is 16.1. The molecular formula is C19H25FN4OS. The third-order valence-electron chi connectivity index (χ3n) is 4.61. The van der Waals surface area contributed by atoms with E-state index in [-0.39, 0.29) is 17.6 Å². The maximum atomic E-state index is 13.0. The van der Waals surface area contributed by atoms with Gasteiger partial charge in [0.05, 0.1) is 11.6 Å². The van der Waals surface area contributed by atoms with Crippen LogP contribution in [-0.2, 0) is 4.79 Å². The van der Waals surface area contributed by atoms with E-state index in [0.717, 1.165) is 50.3 Å². The molecule has 0 radical (unpaired) electrons. The quantitative estimate of drug-likeness (QED) is 0.841. The molecule has 1 aliphatic rings. The lowest BCUT2D eigenvalue weighted by atomic mass is 9.97. The van der Waals surface area contributed by atoms with Gasteiger partial charge in [-0.25, -0.2) is 9.37 Å². The summed E-state index contributed by atoms with van der Waals surface area (Å²) >= 11 is 1.40. The third kappa shape index (κ3) is 5.09. The number of carbonyl (C=O) groups is 1. The number of hydrogen-bond acceptors (Lipinski definition) is 5. The first-order valence-corrected chi connectivity index (χ1v) is 9.78. The number of benzene rings is 1. The fraction of sp³-hybridized carbons (Fsp3) is 0.474. The molecule has 0 spiro atoms. The Balaban J connectivity index is 1.57. The number of piperidine rings is 1. The standard InChI is InChI=1S/C19H25FN4OS/c1-23(2)10-11-24-9-3-4-15(12-24)18(25)22-19-21-17(13-26-19)14-5-7-16(20)8-6-14/h5-8,13,15H,3-4,9-12H2,1-2H3,(H,21,22,25). The van der Waals surface area contributed by atoms with Crippen LogP contribution < -0.4 is 5.32 Å². The number of halogens is 1. The minimum absolute atomic E-state index is 0.00378. The number of nitrogens with one attached hydrogen (secondary N) is 1. The molecule has 2 aromatic rings. The number of likely N-dealkylation sites (tertiary alicyclic amines) is 1. The summed E-state index contributed by atoms with van der Waals surface area (Å²) in [5, 5.41) is 5.43. The molecule has 140 valence electrons. The van der Waals surface area contributed by atoms with Crippen molar-refractivity contribution in [2.45, 2.75) is 12.8 Å². The summed E-state index contributed by atoms with van der Waals surface area (Å²) in [6.07, 6.45) is 1.96. The Morgan fingerprint density at radius 2 is 2.15 bits per heavy atom. The summed E-state index contributed by atoms with van der Waals surface area (Å²) in [7, 11) is 4.13. The molecule has 26 heavy (non-hydrogen) atoms. The predicted molar refractivity (Wildman–Crippen MR) is 104 cm³/mol. The van der Waals surface area contributed by atoms with Gasteiger partial charge >= 0.3 is 0 Å². The van der Waals surface area contributed by atoms with Gasteiger partial charge in [-0.2, -0.15) is 0 Å².